The Balaban J connectivity index is 0.00000243. The molecule has 52 heavy (non-hydrogen) atoms. The van der Waals surface area contributed by atoms with E-state index in [0.29, 0.717) is 0 Å². The Morgan fingerprint density at radius 3 is 1.71 bits per heavy atom. The van der Waals surface area contributed by atoms with Crippen LogP contribution < -0.4 is 35.3 Å². The van der Waals surface area contributed by atoms with Gasteiger partial charge in [0.05, 0.1) is 0 Å². The van der Waals surface area contributed by atoms with Gasteiger partial charge in [-0.15, -0.1) is 33.4 Å². The summed E-state index contributed by atoms with van der Waals surface area (Å²) >= 11 is 0. The van der Waals surface area contributed by atoms with Crippen molar-refractivity contribution in [3.63, 3.8) is 0 Å². The molecule has 0 nitrogen and oxygen atoms in total. The largest absolute Gasteiger partial charge is 3.00 e. The van der Waals surface area contributed by atoms with Gasteiger partial charge in [-0.3, -0.25) is 0 Å². The minimum atomic E-state index is -0.0938. The summed E-state index contributed by atoms with van der Waals surface area (Å²) in [5.74, 6) is 0. The van der Waals surface area contributed by atoms with Crippen molar-refractivity contribution in [2.24, 2.45) is 0 Å². The number of benzene rings is 4. The van der Waals surface area contributed by atoms with Crippen molar-refractivity contribution in [3.8, 4) is 0 Å². The molecule has 4 aromatic carbocycles. The molecule has 0 atom stereocenters. The molecule has 0 aliphatic heterocycles. The van der Waals surface area contributed by atoms with Crippen molar-refractivity contribution in [2.45, 2.75) is 125 Å². The standard InChI is InChI=1S/C49H57.2ClH.Zr/c1-11-13-17-34-21-25-37(26-22-34)44(38-27-23-35(24-28-38)18-14-12-2)46-45-40-31-42(48(5,6)7)32(3)29-39(40)30-41(45)43(36-19-15-16-20-36)33(4)47(46)49(8,9)10;;;/h15-16,19,21-29,31H,11-14,17-18,20H2,1-10H3;2*1H;/q-1;;;+3/p-2. The number of fused-ring (bicyclic) bond motifs is 2. The molecule has 0 spiro atoms. The summed E-state index contributed by atoms with van der Waals surface area (Å²) in [4.78, 5) is 0. The van der Waals surface area contributed by atoms with Crippen molar-refractivity contribution >= 4 is 17.2 Å². The fourth-order valence-electron chi connectivity index (χ4n) is 8.35. The average molecular weight is 808 g/mol. The van der Waals surface area contributed by atoms with Gasteiger partial charge in [0.2, 0.25) is 0 Å². The topological polar surface area (TPSA) is 0 Å². The van der Waals surface area contributed by atoms with E-state index in [0.717, 1.165) is 19.3 Å². The van der Waals surface area contributed by atoms with Gasteiger partial charge in [-0.2, -0.15) is 0 Å². The molecule has 0 unspecified atom stereocenters. The zero-order chi connectivity index (χ0) is 35.1. The second kappa shape index (κ2) is 17.8. The first-order valence-electron chi connectivity index (χ1n) is 18.9. The van der Waals surface area contributed by atoms with Crippen LogP contribution in [0.15, 0.2) is 78.9 Å². The van der Waals surface area contributed by atoms with Crippen molar-refractivity contribution in [3.05, 3.63) is 155 Å². The van der Waals surface area contributed by atoms with E-state index >= 15 is 0 Å². The summed E-state index contributed by atoms with van der Waals surface area (Å²) in [5.41, 5.74) is 16.4. The second-order valence-electron chi connectivity index (χ2n) is 16.6. The van der Waals surface area contributed by atoms with Gasteiger partial charge < -0.3 is 24.8 Å². The molecule has 0 heterocycles. The number of aryl methyl sites for hydroxylation is 3. The van der Waals surface area contributed by atoms with Crippen LogP contribution in [0.4, 0.5) is 0 Å². The maximum Gasteiger partial charge on any atom is 3.00 e. The van der Waals surface area contributed by atoms with Gasteiger partial charge in [0, 0.05) is 0 Å². The van der Waals surface area contributed by atoms with Crippen LogP contribution >= 0.6 is 0 Å². The number of allylic oxidation sites excluding steroid dienone is 4. The smallest absolute Gasteiger partial charge is 1.00 e. The minimum absolute atomic E-state index is 0. The second-order valence-corrected chi connectivity index (χ2v) is 16.6. The molecule has 0 saturated carbocycles. The first-order chi connectivity index (χ1) is 23.3. The van der Waals surface area contributed by atoms with Crippen LogP contribution in [-0.4, -0.2) is 0 Å². The normalized spacial score (nSPS) is 12.9. The molecule has 0 amide bonds. The van der Waals surface area contributed by atoms with E-state index in [1.54, 1.807) is 0 Å². The summed E-state index contributed by atoms with van der Waals surface area (Å²) in [6, 6.07) is 24.0. The van der Waals surface area contributed by atoms with Gasteiger partial charge in [0.25, 0.3) is 0 Å². The van der Waals surface area contributed by atoms with Crippen LogP contribution in [0, 0.1) is 24.3 Å². The van der Waals surface area contributed by atoms with E-state index in [2.05, 4.69) is 154 Å². The maximum atomic E-state index is 4.04. The van der Waals surface area contributed by atoms with Crippen molar-refractivity contribution in [1.29, 1.82) is 0 Å². The Hall–Kier alpha value is -2.44. The summed E-state index contributed by atoms with van der Waals surface area (Å²) in [5, 5.41) is 5.30. The number of unbranched alkanes of at least 4 members (excludes halogenated alkanes) is 2. The van der Waals surface area contributed by atoms with Crippen LogP contribution in [-0.2, 0) is 49.9 Å². The van der Waals surface area contributed by atoms with Gasteiger partial charge in [-0.05, 0) is 95.4 Å². The third-order valence-electron chi connectivity index (χ3n) is 10.7. The van der Waals surface area contributed by atoms with Crippen LogP contribution in [0.3, 0.4) is 0 Å². The fourth-order valence-corrected chi connectivity index (χ4v) is 8.35. The molecule has 271 valence electrons. The number of hydrogen-bond donors (Lipinski definition) is 0. The zero-order valence-corrected chi connectivity index (χ0v) is 37.2. The Bertz CT molecular complexity index is 2120. The molecule has 2 aliphatic carbocycles. The van der Waals surface area contributed by atoms with Crippen molar-refractivity contribution < 1.29 is 51.0 Å². The third-order valence-corrected chi connectivity index (χ3v) is 10.7. The molecular weight excluding hydrogens is 751 g/mol. The summed E-state index contributed by atoms with van der Waals surface area (Å²) in [6.07, 6.45) is 19.0. The molecule has 0 bridgehead atoms. The van der Waals surface area contributed by atoms with Crippen LogP contribution in [0.2, 0.25) is 0 Å². The predicted octanol–water partition coefficient (Wildman–Crippen LogP) is 5.49. The van der Waals surface area contributed by atoms with Crippen molar-refractivity contribution in [2.75, 3.05) is 0 Å². The average Bonchev–Trinajstić information content (AvgIpc) is 3.71. The summed E-state index contributed by atoms with van der Waals surface area (Å²) in [6.45, 7) is 23.5. The number of halogens is 2. The van der Waals surface area contributed by atoms with Gasteiger partial charge in [0.15, 0.2) is 0 Å². The molecule has 6 rings (SSSR count). The number of rotatable bonds is 9. The van der Waals surface area contributed by atoms with E-state index in [1.807, 2.05) is 0 Å². The van der Waals surface area contributed by atoms with Crippen LogP contribution in [0.5, 0.6) is 0 Å². The van der Waals surface area contributed by atoms with E-state index < -0.39 is 0 Å². The van der Waals surface area contributed by atoms with Gasteiger partial charge >= 0.3 is 26.2 Å². The molecular formula is C49H57Cl2Zr. The number of hydrogen-bond acceptors (Lipinski definition) is 0. The van der Waals surface area contributed by atoms with Gasteiger partial charge in [0.1, 0.15) is 0 Å². The zero-order valence-electron chi connectivity index (χ0n) is 33.2. The maximum absolute atomic E-state index is 4.04. The molecule has 3 heteroatoms. The minimum Gasteiger partial charge on any atom is -1.00 e. The van der Waals surface area contributed by atoms with Crippen LogP contribution in [0.1, 0.15) is 143 Å². The summed E-state index contributed by atoms with van der Waals surface area (Å²) in [7, 11) is 0. The molecule has 0 aromatic heterocycles. The molecule has 1 radical (unpaired) electrons. The molecule has 0 fully saturated rings. The molecule has 0 saturated heterocycles. The predicted molar refractivity (Wildman–Crippen MR) is 213 cm³/mol. The molecule has 4 aromatic rings. The van der Waals surface area contributed by atoms with E-state index in [1.165, 1.54) is 113 Å². The van der Waals surface area contributed by atoms with E-state index in [4.69, 9.17) is 0 Å². The van der Waals surface area contributed by atoms with Crippen LogP contribution in [0.25, 0.3) is 17.2 Å². The Morgan fingerprint density at radius 1 is 0.731 bits per heavy atom. The Kier molecular flexibility index (Phi) is 15.0. The monoisotopic (exact) mass is 805 g/mol. The Labute approximate surface area is 346 Å². The molecule has 2 aliphatic rings. The van der Waals surface area contributed by atoms with Gasteiger partial charge in [-0.1, -0.05) is 169 Å². The first kappa shape index (κ1) is 44.0. The quantitative estimate of drug-likeness (QED) is 0.173. The van der Waals surface area contributed by atoms with E-state index in [9.17, 15) is 0 Å². The fraction of sp³-hybridized carbons (Fsp3) is 0.388. The van der Waals surface area contributed by atoms with Gasteiger partial charge in [-0.25, -0.2) is 0 Å². The first-order valence-corrected chi connectivity index (χ1v) is 18.9. The molecule has 0 N–H and O–H groups in total. The Morgan fingerprint density at radius 2 is 1.27 bits per heavy atom. The third kappa shape index (κ3) is 8.75. The van der Waals surface area contributed by atoms with Crippen molar-refractivity contribution in [1.82, 2.24) is 0 Å². The SMILES string of the molecule is CCCCc1ccc(C(c2ccc(CCCC)cc2)=c2c(C(C)(C)C)c(C)c(C3=CC=CC3)c3c2=c2cc(C(C)(C)C)c(C)cc2=[C-]3)cc1.[Cl-].[Cl-].[Zr+3]. The van der Waals surface area contributed by atoms with E-state index in [-0.39, 0.29) is 61.8 Å². The summed E-state index contributed by atoms with van der Waals surface area (Å²) < 4.78 is 0.